The zero-order chi connectivity index (χ0) is 12.3. The van der Waals surface area contributed by atoms with E-state index in [9.17, 15) is 0 Å². The Kier molecular flexibility index (Phi) is 3.89. The third-order valence-electron chi connectivity index (χ3n) is 3.02. The highest BCUT2D eigenvalue weighted by Crippen LogP contribution is 2.28. The van der Waals surface area contributed by atoms with Crippen LogP contribution in [0, 0.1) is 0 Å². The lowest BCUT2D eigenvalue weighted by Gasteiger charge is -2.27. The SMILES string of the molecule is CNCC1CCc2cc(OC(C)C)ccc2N1. The fourth-order valence-electron chi connectivity index (χ4n) is 2.28. The topological polar surface area (TPSA) is 33.3 Å². The molecule has 1 aromatic carbocycles. The predicted octanol–water partition coefficient (Wildman–Crippen LogP) is 2.42. The van der Waals surface area contributed by atoms with Crippen molar-refractivity contribution in [3.8, 4) is 5.75 Å². The molecule has 1 aliphatic rings. The summed E-state index contributed by atoms with van der Waals surface area (Å²) in [6.07, 6.45) is 2.55. The monoisotopic (exact) mass is 234 g/mol. The van der Waals surface area contributed by atoms with E-state index in [1.165, 1.54) is 17.7 Å². The molecule has 0 saturated carbocycles. The third-order valence-corrected chi connectivity index (χ3v) is 3.02. The Labute approximate surface area is 104 Å². The van der Waals surface area contributed by atoms with E-state index in [2.05, 4.69) is 36.6 Å². The second-order valence-corrected chi connectivity index (χ2v) is 4.92. The summed E-state index contributed by atoms with van der Waals surface area (Å²) < 4.78 is 5.71. The van der Waals surface area contributed by atoms with Crippen LogP contribution in [0.1, 0.15) is 25.8 Å². The second kappa shape index (κ2) is 5.41. The highest BCUT2D eigenvalue weighted by atomic mass is 16.5. The average molecular weight is 234 g/mol. The van der Waals surface area contributed by atoms with E-state index in [0.717, 1.165) is 18.7 Å². The Bertz CT molecular complexity index is 376. The van der Waals surface area contributed by atoms with Crippen molar-refractivity contribution in [2.45, 2.75) is 38.8 Å². The first-order valence-corrected chi connectivity index (χ1v) is 6.39. The molecule has 0 aromatic heterocycles. The number of aryl methyl sites for hydroxylation is 1. The molecule has 3 heteroatoms. The van der Waals surface area contributed by atoms with E-state index >= 15 is 0 Å². The van der Waals surface area contributed by atoms with Gasteiger partial charge in [-0.1, -0.05) is 0 Å². The van der Waals surface area contributed by atoms with Crippen molar-refractivity contribution in [2.24, 2.45) is 0 Å². The van der Waals surface area contributed by atoms with Crippen molar-refractivity contribution in [3.05, 3.63) is 23.8 Å². The molecule has 0 aliphatic carbocycles. The zero-order valence-electron chi connectivity index (χ0n) is 10.9. The molecule has 0 fully saturated rings. The number of nitrogens with one attached hydrogen (secondary N) is 2. The molecule has 1 aromatic rings. The number of benzene rings is 1. The van der Waals surface area contributed by atoms with Gasteiger partial charge in [-0.25, -0.2) is 0 Å². The lowest BCUT2D eigenvalue weighted by molar-refractivity contribution is 0.242. The Balaban J connectivity index is 2.08. The highest BCUT2D eigenvalue weighted by Gasteiger charge is 2.17. The maximum absolute atomic E-state index is 5.71. The van der Waals surface area contributed by atoms with Gasteiger partial charge in [0.15, 0.2) is 0 Å². The fourth-order valence-corrected chi connectivity index (χ4v) is 2.28. The van der Waals surface area contributed by atoms with Gasteiger partial charge in [-0.05, 0) is 57.5 Å². The van der Waals surface area contributed by atoms with Gasteiger partial charge in [0, 0.05) is 18.3 Å². The van der Waals surface area contributed by atoms with Crippen molar-refractivity contribution in [3.63, 3.8) is 0 Å². The maximum atomic E-state index is 5.71. The summed E-state index contributed by atoms with van der Waals surface area (Å²) in [6.45, 7) is 5.13. The van der Waals surface area contributed by atoms with Crippen LogP contribution in [0.3, 0.4) is 0 Å². The van der Waals surface area contributed by atoms with E-state index in [4.69, 9.17) is 4.74 Å². The van der Waals surface area contributed by atoms with Crippen LogP contribution in [0.2, 0.25) is 0 Å². The van der Waals surface area contributed by atoms with Gasteiger partial charge in [0.1, 0.15) is 5.75 Å². The Morgan fingerprint density at radius 3 is 3.00 bits per heavy atom. The number of anilines is 1. The summed E-state index contributed by atoms with van der Waals surface area (Å²) in [7, 11) is 2.00. The van der Waals surface area contributed by atoms with Gasteiger partial charge in [-0.3, -0.25) is 0 Å². The molecule has 0 spiro atoms. The standard InChI is InChI=1S/C14H22N2O/c1-10(2)17-13-6-7-14-11(8-13)4-5-12(16-14)9-15-3/h6-8,10,12,15-16H,4-5,9H2,1-3H3. The maximum Gasteiger partial charge on any atom is 0.120 e. The molecule has 0 radical (unpaired) electrons. The Morgan fingerprint density at radius 2 is 2.29 bits per heavy atom. The molecule has 0 saturated heterocycles. The fraction of sp³-hybridized carbons (Fsp3) is 0.571. The van der Waals surface area contributed by atoms with Gasteiger partial charge < -0.3 is 15.4 Å². The van der Waals surface area contributed by atoms with Crippen LogP contribution in [0.25, 0.3) is 0 Å². The molecule has 1 unspecified atom stereocenters. The minimum absolute atomic E-state index is 0.238. The quantitative estimate of drug-likeness (QED) is 0.839. The predicted molar refractivity (Wildman–Crippen MR) is 71.9 cm³/mol. The zero-order valence-corrected chi connectivity index (χ0v) is 10.9. The van der Waals surface area contributed by atoms with Gasteiger partial charge >= 0.3 is 0 Å². The second-order valence-electron chi connectivity index (χ2n) is 4.92. The average Bonchev–Trinajstić information content (AvgIpc) is 2.29. The number of likely N-dealkylation sites (N-methyl/N-ethyl adjacent to an activating group) is 1. The Hall–Kier alpha value is -1.22. The number of ether oxygens (including phenoxy) is 1. The summed E-state index contributed by atoms with van der Waals surface area (Å²) >= 11 is 0. The number of fused-ring (bicyclic) bond motifs is 1. The van der Waals surface area contributed by atoms with Crippen LogP contribution in [-0.2, 0) is 6.42 Å². The van der Waals surface area contributed by atoms with E-state index in [0.29, 0.717) is 6.04 Å². The number of hydrogen-bond donors (Lipinski definition) is 2. The molecule has 2 N–H and O–H groups in total. The third kappa shape index (κ3) is 3.13. The van der Waals surface area contributed by atoms with Crippen LogP contribution in [0.4, 0.5) is 5.69 Å². The molecule has 17 heavy (non-hydrogen) atoms. The van der Waals surface area contributed by atoms with E-state index < -0.39 is 0 Å². The first-order chi connectivity index (χ1) is 8.19. The van der Waals surface area contributed by atoms with Crippen LogP contribution < -0.4 is 15.4 Å². The molecular weight excluding hydrogens is 212 g/mol. The normalized spacial score (nSPS) is 18.7. The summed E-state index contributed by atoms with van der Waals surface area (Å²) in [5.74, 6) is 0.979. The number of hydrogen-bond acceptors (Lipinski definition) is 3. The molecule has 3 nitrogen and oxygen atoms in total. The molecule has 0 bridgehead atoms. The lowest BCUT2D eigenvalue weighted by Crippen LogP contribution is -2.34. The molecular formula is C14H22N2O. The van der Waals surface area contributed by atoms with Crippen molar-refractivity contribution < 1.29 is 4.74 Å². The summed E-state index contributed by atoms with van der Waals surface area (Å²) in [4.78, 5) is 0. The largest absolute Gasteiger partial charge is 0.491 e. The lowest BCUT2D eigenvalue weighted by atomic mass is 9.98. The van der Waals surface area contributed by atoms with E-state index in [-0.39, 0.29) is 6.10 Å². The Morgan fingerprint density at radius 1 is 1.47 bits per heavy atom. The summed E-state index contributed by atoms with van der Waals surface area (Å²) in [5, 5.41) is 6.78. The number of rotatable bonds is 4. The minimum atomic E-state index is 0.238. The smallest absolute Gasteiger partial charge is 0.120 e. The van der Waals surface area contributed by atoms with E-state index in [1.54, 1.807) is 0 Å². The van der Waals surface area contributed by atoms with Gasteiger partial charge in [-0.2, -0.15) is 0 Å². The van der Waals surface area contributed by atoms with Crippen molar-refractivity contribution in [1.29, 1.82) is 0 Å². The van der Waals surface area contributed by atoms with Crippen molar-refractivity contribution >= 4 is 5.69 Å². The van der Waals surface area contributed by atoms with Gasteiger partial charge in [0.05, 0.1) is 6.10 Å². The van der Waals surface area contributed by atoms with Crippen LogP contribution >= 0.6 is 0 Å². The van der Waals surface area contributed by atoms with E-state index in [1.807, 2.05) is 13.1 Å². The van der Waals surface area contributed by atoms with Crippen molar-refractivity contribution in [2.75, 3.05) is 18.9 Å². The van der Waals surface area contributed by atoms with Crippen LogP contribution in [-0.4, -0.2) is 25.7 Å². The minimum Gasteiger partial charge on any atom is -0.491 e. The van der Waals surface area contributed by atoms with Gasteiger partial charge in [0.2, 0.25) is 0 Å². The first kappa shape index (κ1) is 12.2. The molecule has 1 aliphatic heterocycles. The summed E-state index contributed by atoms with van der Waals surface area (Å²) in [6, 6.07) is 6.89. The molecule has 94 valence electrons. The van der Waals surface area contributed by atoms with Crippen molar-refractivity contribution in [1.82, 2.24) is 5.32 Å². The molecule has 0 amide bonds. The summed E-state index contributed by atoms with van der Waals surface area (Å²) in [5.41, 5.74) is 2.63. The molecule has 1 atom stereocenters. The van der Waals surface area contributed by atoms with Crippen LogP contribution in [0.15, 0.2) is 18.2 Å². The molecule has 2 rings (SSSR count). The van der Waals surface area contributed by atoms with Crippen LogP contribution in [0.5, 0.6) is 5.75 Å². The van der Waals surface area contributed by atoms with Gasteiger partial charge in [0.25, 0.3) is 0 Å². The first-order valence-electron chi connectivity index (χ1n) is 6.39. The highest BCUT2D eigenvalue weighted by molar-refractivity contribution is 5.56. The van der Waals surface area contributed by atoms with Gasteiger partial charge in [-0.15, -0.1) is 0 Å². The molecule has 1 heterocycles.